The highest BCUT2D eigenvalue weighted by molar-refractivity contribution is 6.53. The highest BCUT2D eigenvalue weighted by atomic mass is 35.5. The highest BCUT2D eigenvalue weighted by Gasteiger charge is 2.53. The molecule has 5 heteroatoms. The van der Waals surface area contributed by atoms with Crippen LogP contribution >= 0.6 is 11.6 Å². The fraction of sp³-hybridized carbons (Fsp3) is 0.556. The standard InChI is InChI=1S/C18H25BClFO2/c1-16(2,11-13-8-7-9-14(20)10-13)12-15(21)19-22-17(3,4)18(5,6)23-19/h7-10,12H,11H2,1-6H3. The van der Waals surface area contributed by atoms with E-state index in [9.17, 15) is 4.39 Å². The van der Waals surface area contributed by atoms with Gasteiger partial charge in [0.2, 0.25) is 0 Å². The van der Waals surface area contributed by atoms with Gasteiger partial charge in [-0.1, -0.05) is 43.7 Å². The van der Waals surface area contributed by atoms with Crippen LogP contribution in [0, 0.1) is 5.41 Å². The van der Waals surface area contributed by atoms with Crippen molar-refractivity contribution in [2.75, 3.05) is 0 Å². The van der Waals surface area contributed by atoms with Gasteiger partial charge in [-0.25, -0.2) is 4.39 Å². The van der Waals surface area contributed by atoms with E-state index < -0.39 is 18.3 Å². The van der Waals surface area contributed by atoms with Crippen molar-refractivity contribution < 1.29 is 13.7 Å². The number of allylic oxidation sites excluding steroid dienone is 1. The Balaban J connectivity index is 2.13. The molecule has 0 aliphatic carbocycles. The first-order valence-electron chi connectivity index (χ1n) is 7.90. The lowest BCUT2D eigenvalue weighted by atomic mass is 9.79. The van der Waals surface area contributed by atoms with E-state index in [4.69, 9.17) is 20.9 Å². The summed E-state index contributed by atoms with van der Waals surface area (Å²) in [4.78, 5) is 0. The number of hydrogen-bond acceptors (Lipinski definition) is 2. The third-order valence-electron chi connectivity index (χ3n) is 4.56. The van der Waals surface area contributed by atoms with E-state index in [1.807, 2.05) is 65.8 Å². The van der Waals surface area contributed by atoms with Gasteiger partial charge in [-0.3, -0.25) is 0 Å². The molecule has 1 heterocycles. The van der Waals surface area contributed by atoms with Gasteiger partial charge in [-0.2, -0.15) is 0 Å². The zero-order valence-corrected chi connectivity index (χ0v) is 15.5. The highest BCUT2D eigenvalue weighted by Crippen LogP contribution is 2.39. The maximum atomic E-state index is 14.7. The molecule has 1 aliphatic heterocycles. The van der Waals surface area contributed by atoms with Gasteiger partial charge in [0.15, 0.2) is 0 Å². The molecule has 1 aromatic rings. The topological polar surface area (TPSA) is 18.5 Å². The molecular weight excluding hydrogens is 313 g/mol. The summed E-state index contributed by atoms with van der Waals surface area (Å²) in [5, 5.41) is 0.689. The zero-order valence-electron chi connectivity index (χ0n) is 14.7. The lowest BCUT2D eigenvalue weighted by Gasteiger charge is -2.32. The zero-order chi connectivity index (χ0) is 17.5. The summed E-state index contributed by atoms with van der Waals surface area (Å²) in [7, 11) is -0.946. The van der Waals surface area contributed by atoms with Crippen molar-refractivity contribution in [3.8, 4) is 0 Å². The molecule has 0 bridgehead atoms. The smallest absolute Gasteiger partial charge is 0.398 e. The van der Waals surface area contributed by atoms with Crippen LogP contribution in [0.2, 0.25) is 5.02 Å². The summed E-state index contributed by atoms with van der Waals surface area (Å²) < 4.78 is 26.2. The van der Waals surface area contributed by atoms with Crippen molar-refractivity contribution >= 4 is 18.7 Å². The molecule has 0 amide bonds. The molecule has 0 spiro atoms. The van der Waals surface area contributed by atoms with E-state index >= 15 is 0 Å². The second-order valence-electron chi connectivity index (χ2n) is 7.91. The number of hydrogen-bond donors (Lipinski definition) is 0. The molecule has 23 heavy (non-hydrogen) atoms. The summed E-state index contributed by atoms with van der Waals surface area (Å²) >= 11 is 6.02. The van der Waals surface area contributed by atoms with Gasteiger partial charge < -0.3 is 9.31 Å². The van der Waals surface area contributed by atoms with Gasteiger partial charge in [0, 0.05) is 5.02 Å². The fourth-order valence-electron chi connectivity index (χ4n) is 2.62. The maximum Gasteiger partial charge on any atom is 0.524 e. The second-order valence-corrected chi connectivity index (χ2v) is 8.35. The average Bonchev–Trinajstić information content (AvgIpc) is 2.57. The van der Waals surface area contributed by atoms with E-state index in [1.54, 1.807) is 6.08 Å². The Morgan fingerprint density at radius 1 is 1.22 bits per heavy atom. The largest absolute Gasteiger partial charge is 0.524 e. The van der Waals surface area contributed by atoms with Crippen LogP contribution in [0.3, 0.4) is 0 Å². The monoisotopic (exact) mass is 338 g/mol. The van der Waals surface area contributed by atoms with Crippen LogP contribution in [-0.2, 0) is 15.7 Å². The lowest BCUT2D eigenvalue weighted by Crippen LogP contribution is -2.41. The molecule has 2 nitrogen and oxygen atoms in total. The van der Waals surface area contributed by atoms with Crippen LogP contribution in [-0.4, -0.2) is 18.3 Å². The summed E-state index contributed by atoms with van der Waals surface area (Å²) in [6, 6.07) is 7.64. The minimum atomic E-state index is -0.946. The Kier molecular flexibility index (Phi) is 5.01. The van der Waals surface area contributed by atoms with Crippen molar-refractivity contribution in [2.45, 2.75) is 59.2 Å². The van der Waals surface area contributed by atoms with Crippen molar-refractivity contribution in [1.82, 2.24) is 0 Å². The van der Waals surface area contributed by atoms with E-state index in [1.165, 1.54) is 0 Å². The first-order chi connectivity index (χ1) is 10.4. The molecular formula is C18H25BClFO2. The second kappa shape index (κ2) is 6.23. The van der Waals surface area contributed by atoms with Gasteiger partial charge in [0.1, 0.15) is 5.73 Å². The van der Waals surface area contributed by atoms with E-state index in [0.717, 1.165) is 5.56 Å². The molecule has 1 aliphatic rings. The molecule has 0 N–H and O–H groups in total. The van der Waals surface area contributed by atoms with Gasteiger partial charge in [0.05, 0.1) is 11.2 Å². The maximum absolute atomic E-state index is 14.7. The normalized spacial score (nSPS) is 20.9. The fourth-order valence-corrected chi connectivity index (χ4v) is 2.83. The van der Waals surface area contributed by atoms with Gasteiger partial charge >= 0.3 is 7.12 Å². The third kappa shape index (κ3) is 4.37. The average molecular weight is 339 g/mol. The van der Waals surface area contributed by atoms with Gasteiger partial charge in [0.25, 0.3) is 0 Å². The van der Waals surface area contributed by atoms with Gasteiger partial charge in [-0.05, 0) is 57.2 Å². The Bertz CT molecular complexity index is 595. The Hall–Kier alpha value is -0.835. The first-order valence-corrected chi connectivity index (χ1v) is 8.28. The van der Waals surface area contributed by atoms with Crippen molar-refractivity contribution in [3.05, 3.63) is 46.7 Å². The molecule has 0 unspecified atom stereocenters. The molecule has 2 rings (SSSR count). The number of rotatable bonds is 4. The van der Waals surface area contributed by atoms with Crippen LogP contribution in [0.4, 0.5) is 4.39 Å². The molecule has 0 saturated carbocycles. The molecule has 0 atom stereocenters. The molecule has 1 fully saturated rings. The quantitative estimate of drug-likeness (QED) is 0.685. The van der Waals surface area contributed by atoms with E-state index in [2.05, 4.69) is 0 Å². The minimum Gasteiger partial charge on any atom is -0.398 e. The van der Waals surface area contributed by atoms with Crippen LogP contribution in [0.1, 0.15) is 47.1 Å². The molecule has 1 saturated heterocycles. The van der Waals surface area contributed by atoms with Crippen LogP contribution < -0.4 is 0 Å². The van der Waals surface area contributed by atoms with Crippen molar-refractivity contribution in [3.63, 3.8) is 0 Å². The molecule has 126 valence electrons. The Morgan fingerprint density at radius 3 is 2.30 bits per heavy atom. The molecule has 0 radical (unpaired) electrons. The SMILES string of the molecule is CC(C)(C=C(F)B1OC(C)(C)C(C)(C)O1)Cc1cccc(Cl)c1. The first kappa shape index (κ1) is 18.5. The predicted octanol–water partition coefficient (Wildman–Crippen LogP) is 5.39. The van der Waals surface area contributed by atoms with Crippen molar-refractivity contribution in [2.24, 2.45) is 5.41 Å². The van der Waals surface area contributed by atoms with Crippen LogP contribution in [0.15, 0.2) is 36.1 Å². The van der Waals surface area contributed by atoms with Crippen LogP contribution in [0.5, 0.6) is 0 Å². The lowest BCUT2D eigenvalue weighted by molar-refractivity contribution is 0.00578. The van der Waals surface area contributed by atoms with Crippen molar-refractivity contribution in [1.29, 1.82) is 0 Å². The van der Waals surface area contributed by atoms with Gasteiger partial charge in [-0.15, -0.1) is 0 Å². The third-order valence-corrected chi connectivity index (χ3v) is 4.79. The number of halogens is 2. The molecule has 1 aromatic carbocycles. The Morgan fingerprint density at radius 2 is 1.78 bits per heavy atom. The van der Waals surface area contributed by atoms with Crippen LogP contribution in [0.25, 0.3) is 0 Å². The predicted molar refractivity (Wildman–Crippen MR) is 94.2 cm³/mol. The summed E-state index contributed by atoms with van der Waals surface area (Å²) in [6.07, 6.45) is 2.27. The van der Waals surface area contributed by atoms with E-state index in [-0.39, 0.29) is 11.1 Å². The Labute approximate surface area is 144 Å². The summed E-state index contributed by atoms with van der Waals surface area (Å²) in [5.41, 5.74) is -0.769. The number of benzene rings is 1. The summed E-state index contributed by atoms with van der Waals surface area (Å²) in [6.45, 7) is 11.6. The summed E-state index contributed by atoms with van der Waals surface area (Å²) in [5.74, 6) is 0. The molecule has 0 aromatic heterocycles. The minimum absolute atomic E-state index is 0.377. The van der Waals surface area contributed by atoms with E-state index in [0.29, 0.717) is 11.4 Å².